The first-order chi connectivity index (χ1) is 6.75. The molecule has 2 rings (SSSR count). The summed E-state index contributed by atoms with van der Waals surface area (Å²) < 4.78 is 9.61. The maximum absolute atomic E-state index is 10.3. The molecule has 2 heterocycles. The largest absolute Gasteiger partial charge is 0.481 e. The number of nitrogens with zero attached hydrogens (tertiary/aromatic N) is 3. The Balaban J connectivity index is 2.22. The maximum Gasteiger partial charge on any atom is 0.313 e. The summed E-state index contributed by atoms with van der Waals surface area (Å²) in [5.41, 5.74) is 0. The number of carboxylic acid groups (broad SMARTS) is 1. The molecule has 0 fully saturated rings. The van der Waals surface area contributed by atoms with E-state index in [2.05, 4.69) is 15.1 Å². The van der Waals surface area contributed by atoms with Crippen LogP contribution in [0.2, 0.25) is 0 Å². The van der Waals surface area contributed by atoms with Gasteiger partial charge in [0.1, 0.15) is 12.7 Å². The lowest BCUT2D eigenvalue weighted by atomic mass is 10.4. The Kier molecular flexibility index (Phi) is 1.98. The fourth-order valence-electron chi connectivity index (χ4n) is 0.877. The van der Waals surface area contributed by atoms with Crippen LogP contribution in [0.1, 0.15) is 5.82 Å². The normalized spacial score (nSPS) is 10.3. The van der Waals surface area contributed by atoms with Crippen molar-refractivity contribution in [3.63, 3.8) is 0 Å². The van der Waals surface area contributed by atoms with Crippen molar-refractivity contribution in [1.82, 2.24) is 15.1 Å². The van der Waals surface area contributed by atoms with E-state index < -0.39 is 5.97 Å². The summed E-state index contributed by atoms with van der Waals surface area (Å²) in [5.74, 6) is -0.684. The van der Waals surface area contributed by atoms with Gasteiger partial charge in [0, 0.05) is 0 Å². The zero-order chi connectivity index (χ0) is 9.97. The van der Waals surface area contributed by atoms with Gasteiger partial charge in [-0.2, -0.15) is 4.98 Å². The van der Waals surface area contributed by atoms with Gasteiger partial charge in [-0.25, -0.2) is 4.98 Å². The fraction of sp³-hybridized carbons (Fsp3) is 0.143. The summed E-state index contributed by atoms with van der Waals surface area (Å²) in [6.45, 7) is 0. The Morgan fingerprint density at radius 3 is 3.00 bits per heavy atom. The van der Waals surface area contributed by atoms with Gasteiger partial charge in [0.05, 0.1) is 6.20 Å². The predicted octanol–water partition coefficient (Wildman–Crippen LogP) is 0.352. The van der Waals surface area contributed by atoms with Crippen LogP contribution in [-0.4, -0.2) is 26.2 Å². The quantitative estimate of drug-likeness (QED) is 0.753. The first-order valence-corrected chi connectivity index (χ1v) is 3.70. The van der Waals surface area contributed by atoms with Crippen LogP contribution in [0.25, 0.3) is 11.8 Å². The van der Waals surface area contributed by atoms with Crippen LogP contribution < -0.4 is 0 Å². The lowest BCUT2D eigenvalue weighted by Gasteiger charge is -1.82. The fourth-order valence-corrected chi connectivity index (χ4v) is 0.877. The molecule has 2 aromatic heterocycles. The van der Waals surface area contributed by atoms with Gasteiger partial charge in [0.2, 0.25) is 0 Å². The molecule has 1 N–H and O–H groups in total. The summed E-state index contributed by atoms with van der Waals surface area (Å²) in [7, 11) is 0. The molecule has 0 aliphatic heterocycles. The number of hydrogen-bond acceptors (Lipinski definition) is 6. The molecule has 0 unspecified atom stereocenters. The topological polar surface area (TPSA) is 102 Å². The number of oxazole rings is 1. The van der Waals surface area contributed by atoms with Crippen LogP contribution >= 0.6 is 0 Å². The van der Waals surface area contributed by atoms with Gasteiger partial charge in [-0.1, -0.05) is 5.16 Å². The van der Waals surface area contributed by atoms with Crippen molar-refractivity contribution in [1.29, 1.82) is 0 Å². The maximum atomic E-state index is 10.3. The monoisotopic (exact) mass is 195 g/mol. The molecule has 7 nitrogen and oxygen atoms in total. The molecule has 0 radical (unpaired) electrons. The predicted molar refractivity (Wildman–Crippen MR) is 41.1 cm³/mol. The first-order valence-electron chi connectivity index (χ1n) is 3.70. The second-order valence-electron chi connectivity index (χ2n) is 2.42. The Labute approximate surface area is 77.4 Å². The van der Waals surface area contributed by atoms with E-state index >= 15 is 0 Å². The molecule has 0 aliphatic carbocycles. The first kappa shape index (κ1) is 8.42. The standard InChI is InChI=1S/C7H5N3O4/c11-5(12)3-4-9-7(14-10-4)6-8-1-2-13-6/h1-2H,3H2,(H,11,12). The zero-order valence-electron chi connectivity index (χ0n) is 6.88. The molecule has 2 aromatic rings. The van der Waals surface area contributed by atoms with E-state index in [0.29, 0.717) is 0 Å². The average molecular weight is 195 g/mol. The highest BCUT2D eigenvalue weighted by Crippen LogP contribution is 2.13. The lowest BCUT2D eigenvalue weighted by Crippen LogP contribution is -2.01. The van der Waals surface area contributed by atoms with Gasteiger partial charge < -0.3 is 14.0 Å². The van der Waals surface area contributed by atoms with Crippen molar-refractivity contribution >= 4 is 5.97 Å². The highest BCUT2D eigenvalue weighted by molar-refractivity contribution is 5.69. The molecule has 0 aliphatic rings. The number of rotatable bonds is 3. The Morgan fingerprint density at radius 1 is 1.50 bits per heavy atom. The molecule has 72 valence electrons. The summed E-state index contributed by atoms with van der Waals surface area (Å²) >= 11 is 0. The third kappa shape index (κ3) is 1.60. The van der Waals surface area contributed by atoms with Crippen molar-refractivity contribution in [2.45, 2.75) is 6.42 Å². The molecule has 0 saturated heterocycles. The van der Waals surface area contributed by atoms with Crippen molar-refractivity contribution in [2.24, 2.45) is 0 Å². The van der Waals surface area contributed by atoms with Gasteiger partial charge in [0.15, 0.2) is 5.82 Å². The molecule has 7 heteroatoms. The molecule has 0 bridgehead atoms. The molecule has 0 saturated carbocycles. The van der Waals surface area contributed by atoms with Crippen LogP contribution in [0, 0.1) is 0 Å². The number of carbonyl (C=O) groups is 1. The molecular formula is C7H5N3O4. The van der Waals surface area contributed by atoms with E-state index in [1.54, 1.807) is 0 Å². The summed E-state index contributed by atoms with van der Waals surface area (Å²) in [6.07, 6.45) is 2.50. The van der Waals surface area contributed by atoms with Crippen LogP contribution in [0.5, 0.6) is 0 Å². The molecule has 14 heavy (non-hydrogen) atoms. The van der Waals surface area contributed by atoms with E-state index in [4.69, 9.17) is 14.0 Å². The number of aromatic nitrogens is 3. The van der Waals surface area contributed by atoms with Gasteiger partial charge in [0.25, 0.3) is 5.89 Å². The third-order valence-corrected chi connectivity index (χ3v) is 1.39. The Morgan fingerprint density at radius 2 is 2.36 bits per heavy atom. The van der Waals surface area contributed by atoms with Gasteiger partial charge in [-0.05, 0) is 0 Å². The second-order valence-corrected chi connectivity index (χ2v) is 2.42. The van der Waals surface area contributed by atoms with Crippen molar-refractivity contribution in [2.75, 3.05) is 0 Å². The zero-order valence-corrected chi connectivity index (χ0v) is 6.88. The smallest absolute Gasteiger partial charge is 0.313 e. The van der Waals surface area contributed by atoms with Gasteiger partial charge in [-0.15, -0.1) is 0 Å². The lowest BCUT2D eigenvalue weighted by molar-refractivity contribution is -0.136. The number of hydrogen-bond donors (Lipinski definition) is 1. The van der Waals surface area contributed by atoms with E-state index in [1.165, 1.54) is 12.5 Å². The minimum absolute atomic E-state index is 0.0752. The van der Waals surface area contributed by atoms with Crippen molar-refractivity contribution in [3.8, 4) is 11.8 Å². The minimum atomic E-state index is -1.02. The van der Waals surface area contributed by atoms with Crippen LogP contribution in [-0.2, 0) is 11.2 Å². The van der Waals surface area contributed by atoms with E-state index in [1.807, 2.05) is 0 Å². The van der Waals surface area contributed by atoms with E-state index in [9.17, 15) is 4.79 Å². The molecule has 0 aromatic carbocycles. The molecule has 0 spiro atoms. The van der Waals surface area contributed by atoms with Crippen LogP contribution in [0.4, 0.5) is 0 Å². The highest BCUT2D eigenvalue weighted by Gasteiger charge is 2.14. The van der Waals surface area contributed by atoms with Crippen LogP contribution in [0.15, 0.2) is 21.4 Å². The molecule has 0 atom stereocenters. The third-order valence-electron chi connectivity index (χ3n) is 1.39. The molecule has 0 amide bonds. The highest BCUT2D eigenvalue weighted by atomic mass is 16.5. The molecular weight excluding hydrogens is 190 g/mol. The second kappa shape index (κ2) is 3.29. The Bertz CT molecular complexity index is 433. The number of aliphatic carboxylic acids is 1. The van der Waals surface area contributed by atoms with Crippen molar-refractivity contribution in [3.05, 3.63) is 18.3 Å². The summed E-state index contributed by atoms with van der Waals surface area (Å²) in [4.78, 5) is 17.9. The van der Waals surface area contributed by atoms with Gasteiger partial charge in [-0.3, -0.25) is 4.79 Å². The van der Waals surface area contributed by atoms with E-state index in [0.717, 1.165) is 0 Å². The van der Waals surface area contributed by atoms with E-state index in [-0.39, 0.29) is 24.0 Å². The van der Waals surface area contributed by atoms with Crippen molar-refractivity contribution < 1.29 is 18.8 Å². The minimum Gasteiger partial charge on any atom is -0.481 e. The SMILES string of the molecule is O=C(O)Cc1noc(-c2ncco2)n1. The summed E-state index contributed by atoms with van der Waals surface area (Å²) in [6, 6.07) is 0. The summed E-state index contributed by atoms with van der Waals surface area (Å²) in [5, 5.41) is 11.9. The van der Waals surface area contributed by atoms with Gasteiger partial charge >= 0.3 is 11.9 Å². The Hall–Kier alpha value is -2.18. The number of carboxylic acids is 1. The van der Waals surface area contributed by atoms with Crippen LogP contribution in [0.3, 0.4) is 0 Å². The average Bonchev–Trinajstić information content (AvgIpc) is 2.69.